The second-order valence-corrected chi connectivity index (χ2v) is 5.54. The molecule has 4 aromatic rings. The molecule has 0 saturated carbocycles. The van der Waals surface area contributed by atoms with Crippen LogP contribution in [0.4, 0.5) is 17.6 Å². The van der Waals surface area contributed by atoms with E-state index in [1.165, 1.54) is 18.5 Å². The van der Waals surface area contributed by atoms with Gasteiger partial charge in [0.15, 0.2) is 11.5 Å². The maximum atomic E-state index is 14.6. The molecule has 0 saturated heterocycles. The maximum absolute atomic E-state index is 14.6. The van der Waals surface area contributed by atoms with E-state index < -0.39 is 17.7 Å². The number of aromatic nitrogens is 4. The number of alkyl halides is 3. The summed E-state index contributed by atoms with van der Waals surface area (Å²) in [6, 6.07) is 11.7. The number of nitrogens with zero attached hydrogens (tertiary/aromatic N) is 4. The van der Waals surface area contributed by atoms with Gasteiger partial charge in [-0.15, -0.1) is 0 Å². The van der Waals surface area contributed by atoms with E-state index in [-0.39, 0.29) is 11.4 Å². The Labute approximate surface area is 144 Å². The Kier molecular flexibility index (Phi) is 3.68. The summed E-state index contributed by atoms with van der Waals surface area (Å²) in [6.07, 6.45) is -1.82. The summed E-state index contributed by atoms with van der Waals surface area (Å²) >= 11 is 0. The molecule has 0 aliphatic heterocycles. The van der Waals surface area contributed by atoms with E-state index in [1.807, 2.05) is 0 Å². The summed E-state index contributed by atoms with van der Waals surface area (Å²) in [5, 5.41) is 3.60. The van der Waals surface area contributed by atoms with E-state index in [1.54, 1.807) is 30.3 Å². The molecule has 0 N–H and O–H groups in total. The predicted molar refractivity (Wildman–Crippen MR) is 87.1 cm³/mol. The summed E-state index contributed by atoms with van der Waals surface area (Å²) in [6.45, 7) is 0. The van der Waals surface area contributed by atoms with Crippen LogP contribution in [0.3, 0.4) is 0 Å². The lowest BCUT2D eigenvalue weighted by Gasteiger charge is -2.09. The fraction of sp³-hybridized carbons (Fsp3) is 0.0556. The second-order valence-electron chi connectivity index (χ2n) is 5.54. The Balaban J connectivity index is 1.99. The van der Waals surface area contributed by atoms with Gasteiger partial charge in [0, 0.05) is 24.0 Å². The summed E-state index contributed by atoms with van der Waals surface area (Å²) in [7, 11) is 0. The van der Waals surface area contributed by atoms with Crippen LogP contribution in [0.5, 0.6) is 0 Å². The Morgan fingerprint density at radius 1 is 0.846 bits per heavy atom. The molecule has 2 aromatic heterocycles. The van der Waals surface area contributed by atoms with Crippen molar-refractivity contribution in [3.05, 3.63) is 72.4 Å². The number of benzene rings is 2. The van der Waals surface area contributed by atoms with Gasteiger partial charge >= 0.3 is 6.18 Å². The van der Waals surface area contributed by atoms with Gasteiger partial charge in [-0.3, -0.25) is 9.97 Å². The number of fused-ring (bicyclic) bond motifs is 1. The summed E-state index contributed by atoms with van der Waals surface area (Å²) in [4.78, 5) is 8.06. The zero-order valence-electron chi connectivity index (χ0n) is 13.1. The number of hydrogen-bond acceptors (Lipinski definition) is 3. The standard InChI is InChI=1S/C18H10F4N4/c19-12-8-13-14(24-7-6-23-13)9-16(12)26-15(11-4-2-1-3-5-11)10-17(25-26)18(20,21)22/h1-10H. The van der Waals surface area contributed by atoms with Gasteiger partial charge in [0.05, 0.1) is 16.7 Å². The zero-order chi connectivity index (χ0) is 18.3. The highest BCUT2D eigenvalue weighted by Gasteiger charge is 2.35. The first-order valence-electron chi connectivity index (χ1n) is 7.57. The minimum atomic E-state index is -4.65. The molecule has 0 fully saturated rings. The summed E-state index contributed by atoms with van der Waals surface area (Å²) in [5.41, 5.74) is 0.0294. The fourth-order valence-electron chi connectivity index (χ4n) is 2.65. The Morgan fingerprint density at radius 3 is 2.15 bits per heavy atom. The highest BCUT2D eigenvalue weighted by Crippen LogP contribution is 2.34. The Morgan fingerprint density at radius 2 is 1.50 bits per heavy atom. The molecule has 0 aliphatic rings. The van der Waals surface area contributed by atoms with Crippen LogP contribution in [0.1, 0.15) is 5.69 Å². The zero-order valence-corrected chi connectivity index (χ0v) is 13.1. The first-order valence-corrected chi connectivity index (χ1v) is 7.57. The highest BCUT2D eigenvalue weighted by atomic mass is 19.4. The first kappa shape index (κ1) is 16.2. The van der Waals surface area contributed by atoms with Gasteiger partial charge in [0.25, 0.3) is 0 Å². The van der Waals surface area contributed by atoms with Gasteiger partial charge in [-0.1, -0.05) is 30.3 Å². The van der Waals surface area contributed by atoms with E-state index in [9.17, 15) is 17.6 Å². The van der Waals surface area contributed by atoms with Gasteiger partial charge in [-0.05, 0) is 12.1 Å². The number of hydrogen-bond donors (Lipinski definition) is 0. The van der Waals surface area contributed by atoms with Crippen molar-refractivity contribution in [3.63, 3.8) is 0 Å². The third-order valence-electron chi connectivity index (χ3n) is 3.84. The monoisotopic (exact) mass is 358 g/mol. The van der Waals surface area contributed by atoms with Crippen molar-refractivity contribution in [2.45, 2.75) is 6.18 Å². The predicted octanol–water partition coefficient (Wildman–Crippen LogP) is 4.64. The molecule has 4 nitrogen and oxygen atoms in total. The van der Waals surface area contributed by atoms with E-state index in [2.05, 4.69) is 15.1 Å². The van der Waals surface area contributed by atoms with Crippen molar-refractivity contribution in [3.8, 4) is 16.9 Å². The van der Waals surface area contributed by atoms with Crippen LogP contribution < -0.4 is 0 Å². The van der Waals surface area contributed by atoms with Crippen LogP contribution in [-0.2, 0) is 6.18 Å². The molecule has 0 atom stereocenters. The smallest absolute Gasteiger partial charge is 0.253 e. The average molecular weight is 358 g/mol. The molecule has 0 aliphatic carbocycles. The van der Waals surface area contributed by atoms with Crippen molar-refractivity contribution in [1.29, 1.82) is 0 Å². The van der Waals surface area contributed by atoms with Crippen molar-refractivity contribution < 1.29 is 17.6 Å². The summed E-state index contributed by atoms with van der Waals surface area (Å²) < 4.78 is 55.1. The van der Waals surface area contributed by atoms with Gasteiger partial charge in [0.2, 0.25) is 0 Å². The number of rotatable bonds is 2. The molecule has 2 aromatic carbocycles. The van der Waals surface area contributed by atoms with Crippen LogP contribution in [0.25, 0.3) is 28.0 Å². The molecule has 0 amide bonds. The molecule has 0 unspecified atom stereocenters. The molecular weight excluding hydrogens is 348 g/mol. The molecule has 0 radical (unpaired) electrons. The molecule has 4 rings (SSSR count). The van der Waals surface area contributed by atoms with Crippen molar-refractivity contribution in [2.24, 2.45) is 0 Å². The first-order chi connectivity index (χ1) is 12.4. The minimum Gasteiger partial charge on any atom is -0.253 e. The third kappa shape index (κ3) is 2.79. The maximum Gasteiger partial charge on any atom is 0.435 e. The molecule has 26 heavy (non-hydrogen) atoms. The number of halogens is 4. The largest absolute Gasteiger partial charge is 0.435 e. The van der Waals surface area contributed by atoms with Gasteiger partial charge in [-0.2, -0.15) is 18.3 Å². The van der Waals surface area contributed by atoms with Crippen LogP contribution >= 0.6 is 0 Å². The molecular formula is C18H10F4N4. The van der Waals surface area contributed by atoms with Gasteiger partial charge in [-0.25, -0.2) is 9.07 Å². The lowest BCUT2D eigenvalue weighted by molar-refractivity contribution is -0.141. The molecule has 0 spiro atoms. The topological polar surface area (TPSA) is 43.6 Å². The lowest BCUT2D eigenvalue weighted by atomic mass is 10.1. The SMILES string of the molecule is Fc1cc2nccnc2cc1-n1nc(C(F)(F)F)cc1-c1ccccc1. The van der Waals surface area contributed by atoms with Gasteiger partial charge in [0.1, 0.15) is 5.69 Å². The van der Waals surface area contributed by atoms with Crippen molar-refractivity contribution in [2.75, 3.05) is 0 Å². The lowest BCUT2D eigenvalue weighted by Crippen LogP contribution is -2.08. The molecule has 0 bridgehead atoms. The fourth-order valence-corrected chi connectivity index (χ4v) is 2.65. The Bertz CT molecular complexity index is 1090. The normalized spacial score (nSPS) is 11.8. The van der Waals surface area contributed by atoms with E-state index in [4.69, 9.17) is 0 Å². The van der Waals surface area contributed by atoms with Crippen LogP contribution in [0.2, 0.25) is 0 Å². The Hall–Kier alpha value is -3.29. The molecule has 8 heteroatoms. The molecule has 2 heterocycles. The van der Waals surface area contributed by atoms with E-state index in [0.29, 0.717) is 16.6 Å². The van der Waals surface area contributed by atoms with Crippen LogP contribution in [0.15, 0.2) is 60.9 Å². The minimum absolute atomic E-state index is 0.125. The van der Waals surface area contributed by atoms with E-state index in [0.717, 1.165) is 16.8 Å². The average Bonchev–Trinajstić information content (AvgIpc) is 3.07. The third-order valence-corrected chi connectivity index (χ3v) is 3.84. The van der Waals surface area contributed by atoms with Crippen LogP contribution in [-0.4, -0.2) is 19.7 Å². The van der Waals surface area contributed by atoms with Crippen molar-refractivity contribution in [1.82, 2.24) is 19.7 Å². The van der Waals surface area contributed by atoms with E-state index >= 15 is 0 Å². The molecule has 130 valence electrons. The van der Waals surface area contributed by atoms with Gasteiger partial charge < -0.3 is 0 Å². The highest BCUT2D eigenvalue weighted by molar-refractivity contribution is 5.77. The van der Waals surface area contributed by atoms with Crippen molar-refractivity contribution >= 4 is 11.0 Å². The second kappa shape index (κ2) is 5.91. The summed E-state index contributed by atoms with van der Waals surface area (Å²) in [5.74, 6) is -0.744. The van der Waals surface area contributed by atoms with Crippen LogP contribution in [0, 0.1) is 5.82 Å². The quantitative estimate of drug-likeness (QED) is 0.490.